The number of sulfonamides is 1. The van der Waals surface area contributed by atoms with Crippen LogP contribution in [-0.2, 0) is 14.8 Å². The number of ether oxygens (including phenoxy) is 2. The molecule has 0 heterocycles. The van der Waals surface area contributed by atoms with Crippen LogP contribution in [0.2, 0.25) is 0 Å². The monoisotopic (exact) mass is 482 g/mol. The first kappa shape index (κ1) is 25.1. The Bertz CT molecular complexity index is 1300. The second kappa shape index (κ2) is 10.2. The van der Waals surface area contributed by atoms with Crippen LogP contribution in [0, 0.1) is 27.7 Å². The summed E-state index contributed by atoms with van der Waals surface area (Å²) in [6.45, 7) is 7.23. The van der Waals surface area contributed by atoms with Crippen molar-refractivity contribution < 1.29 is 22.7 Å². The van der Waals surface area contributed by atoms with Crippen molar-refractivity contribution in [2.75, 3.05) is 30.4 Å². The highest BCUT2D eigenvalue weighted by Gasteiger charge is 2.29. The molecule has 0 spiro atoms. The summed E-state index contributed by atoms with van der Waals surface area (Å²) >= 11 is 0. The molecular weight excluding hydrogens is 452 g/mol. The average molecular weight is 483 g/mol. The number of nitrogens with zero attached hydrogens (tertiary/aromatic N) is 1. The molecule has 0 saturated heterocycles. The third-order valence-corrected chi connectivity index (χ3v) is 7.15. The molecule has 3 aromatic rings. The van der Waals surface area contributed by atoms with Crippen LogP contribution in [0.5, 0.6) is 11.5 Å². The van der Waals surface area contributed by atoms with Gasteiger partial charge in [0.25, 0.3) is 10.0 Å². The fourth-order valence-electron chi connectivity index (χ4n) is 3.79. The molecule has 0 aliphatic carbocycles. The van der Waals surface area contributed by atoms with Crippen LogP contribution in [0.4, 0.5) is 11.4 Å². The Hall–Kier alpha value is -3.52. The van der Waals surface area contributed by atoms with Crippen molar-refractivity contribution in [2.24, 2.45) is 0 Å². The van der Waals surface area contributed by atoms with Crippen molar-refractivity contribution in [1.29, 1.82) is 0 Å². The van der Waals surface area contributed by atoms with Gasteiger partial charge in [0.05, 0.1) is 24.8 Å². The number of hydrogen-bond acceptors (Lipinski definition) is 5. The van der Waals surface area contributed by atoms with E-state index in [4.69, 9.17) is 9.47 Å². The van der Waals surface area contributed by atoms with E-state index in [-0.39, 0.29) is 10.6 Å². The van der Waals surface area contributed by atoms with Crippen molar-refractivity contribution in [2.45, 2.75) is 32.6 Å². The summed E-state index contributed by atoms with van der Waals surface area (Å²) in [5, 5.41) is 2.84. The minimum Gasteiger partial charge on any atom is -0.493 e. The summed E-state index contributed by atoms with van der Waals surface area (Å²) in [6.07, 6.45) is 0. The second-order valence-corrected chi connectivity index (χ2v) is 10.1. The summed E-state index contributed by atoms with van der Waals surface area (Å²) in [4.78, 5) is 13.0. The number of carbonyl (C=O) groups is 1. The zero-order valence-electron chi connectivity index (χ0n) is 20.3. The molecule has 0 atom stereocenters. The topological polar surface area (TPSA) is 84.9 Å². The van der Waals surface area contributed by atoms with Gasteiger partial charge in [-0.2, -0.15) is 0 Å². The van der Waals surface area contributed by atoms with Crippen LogP contribution in [0.15, 0.2) is 59.5 Å². The molecule has 0 aliphatic heterocycles. The van der Waals surface area contributed by atoms with Crippen LogP contribution in [-0.4, -0.2) is 35.1 Å². The highest BCUT2D eigenvalue weighted by Crippen LogP contribution is 2.32. The van der Waals surface area contributed by atoms with Gasteiger partial charge in [0.15, 0.2) is 11.5 Å². The van der Waals surface area contributed by atoms with Crippen LogP contribution < -0.4 is 19.1 Å². The van der Waals surface area contributed by atoms with E-state index in [0.717, 1.165) is 26.6 Å². The number of benzene rings is 3. The molecule has 0 bridgehead atoms. The van der Waals surface area contributed by atoms with E-state index in [1.54, 1.807) is 12.1 Å². The summed E-state index contributed by atoms with van der Waals surface area (Å²) in [7, 11) is -1.20. The number of nitrogens with one attached hydrogen (secondary N) is 1. The Balaban J connectivity index is 2.04. The van der Waals surface area contributed by atoms with E-state index in [1.165, 1.54) is 32.4 Å². The Morgan fingerprint density at radius 2 is 1.47 bits per heavy atom. The second-order valence-electron chi connectivity index (χ2n) is 8.24. The summed E-state index contributed by atoms with van der Waals surface area (Å²) in [5.41, 5.74) is 4.79. The van der Waals surface area contributed by atoms with Crippen molar-refractivity contribution in [3.05, 3.63) is 76.9 Å². The molecule has 180 valence electrons. The molecule has 7 nitrogen and oxygen atoms in total. The number of rotatable bonds is 8. The molecule has 8 heteroatoms. The molecule has 0 unspecified atom stereocenters. The maximum absolute atomic E-state index is 13.8. The smallest absolute Gasteiger partial charge is 0.264 e. The number of hydrogen-bond donors (Lipinski definition) is 1. The van der Waals surface area contributed by atoms with Crippen LogP contribution in [0.3, 0.4) is 0 Å². The van der Waals surface area contributed by atoms with Crippen LogP contribution >= 0.6 is 0 Å². The minimum atomic E-state index is -4.11. The summed E-state index contributed by atoms with van der Waals surface area (Å²) in [5.74, 6) is 0.242. The van der Waals surface area contributed by atoms with Crippen molar-refractivity contribution in [1.82, 2.24) is 0 Å². The highest BCUT2D eigenvalue weighted by atomic mass is 32.2. The first-order chi connectivity index (χ1) is 16.0. The summed E-state index contributed by atoms with van der Waals surface area (Å²) in [6, 6.07) is 15.5. The molecule has 1 N–H and O–H groups in total. The first-order valence-electron chi connectivity index (χ1n) is 10.8. The minimum absolute atomic E-state index is 0.0105. The molecule has 3 aromatic carbocycles. The van der Waals surface area contributed by atoms with E-state index in [2.05, 4.69) is 5.32 Å². The van der Waals surface area contributed by atoms with Crippen molar-refractivity contribution in [3.63, 3.8) is 0 Å². The van der Waals surface area contributed by atoms with Gasteiger partial charge in [0, 0.05) is 11.8 Å². The molecule has 3 rings (SSSR count). The van der Waals surface area contributed by atoms with Gasteiger partial charge in [-0.05, 0) is 74.7 Å². The average Bonchev–Trinajstić information content (AvgIpc) is 2.78. The number of aryl methyl sites for hydroxylation is 4. The van der Waals surface area contributed by atoms with Gasteiger partial charge in [-0.1, -0.05) is 23.8 Å². The molecular formula is C26H30N2O5S. The predicted octanol–water partition coefficient (Wildman–Crippen LogP) is 4.77. The van der Waals surface area contributed by atoms with Gasteiger partial charge in [-0.3, -0.25) is 9.10 Å². The van der Waals surface area contributed by atoms with E-state index in [0.29, 0.717) is 17.1 Å². The van der Waals surface area contributed by atoms with Gasteiger partial charge in [0.1, 0.15) is 6.54 Å². The quantitative estimate of drug-likeness (QED) is 0.500. The molecule has 0 fully saturated rings. The van der Waals surface area contributed by atoms with Gasteiger partial charge >= 0.3 is 0 Å². The van der Waals surface area contributed by atoms with E-state index in [1.807, 2.05) is 52.0 Å². The maximum Gasteiger partial charge on any atom is 0.264 e. The fourth-order valence-corrected chi connectivity index (χ4v) is 5.21. The first-order valence-corrected chi connectivity index (χ1v) is 12.2. The predicted molar refractivity (Wildman–Crippen MR) is 135 cm³/mol. The SMILES string of the molecule is COc1ccc(S(=O)(=O)N(CC(=O)Nc2ccc(C)cc2C)c2cc(C)cc(C)c2)cc1OC. The van der Waals surface area contributed by atoms with Gasteiger partial charge in [-0.15, -0.1) is 0 Å². The van der Waals surface area contributed by atoms with Crippen molar-refractivity contribution in [3.8, 4) is 11.5 Å². The van der Waals surface area contributed by atoms with Crippen LogP contribution in [0.25, 0.3) is 0 Å². The third-order valence-electron chi connectivity index (χ3n) is 5.38. The zero-order valence-corrected chi connectivity index (χ0v) is 21.1. The van der Waals surface area contributed by atoms with E-state index in [9.17, 15) is 13.2 Å². The number of carbonyl (C=O) groups excluding carboxylic acids is 1. The van der Waals surface area contributed by atoms with Crippen molar-refractivity contribution >= 4 is 27.3 Å². The highest BCUT2D eigenvalue weighted by molar-refractivity contribution is 7.92. The Labute approximate surface area is 201 Å². The molecule has 0 aliphatic rings. The molecule has 34 heavy (non-hydrogen) atoms. The lowest BCUT2D eigenvalue weighted by molar-refractivity contribution is -0.114. The van der Waals surface area contributed by atoms with E-state index >= 15 is 0 Å². The van der Waals surface area contributed by atoms with E-state index < -0.39 is 22.5 Å². The molecule has 0 radical (unpaired) electrons. The molecule has 1 amide bonds. The zero-order chi connectivity index (χ0) is 25.0. The number of amides is 1. The normalized spacial score (nSPS) is 11.1. The third kappa shape index (κ3) is 5.51. The Morgan fingerprint density at radius 1 is 0.824 bits per heavy atom. The number of anilines is 2. The van der Waals surface area contributed by atoms with Gasteiger partial charge in [0.2, 0.25) is 5.91 Å². The lowest BCUT2D eigenvalue weighted by atomic mass is 10.1. The van der Waals surface area contributed by atoms with Gasteiger partial charge < -0.3 is 14.8 Å². The fraction of sp³-hybridized carbons (Fsp3) is 0.269. The number of methoxy groups -OCH3 is 2. The van der Waals surface area contributed by atoms with Gasteiger partial charge in [-0.25, -0.2) is 8.42 Å². The largest absolute Gasteiger partial charge is 0.493 e. The standard InChI is InChI=1S/C26H30N2O5S/c1-17-7-9-23(20(4)12-17)27-26(29)16-28(21-13-18(2)11-19(3)14-21)34(30,31)22-8-10-24(32-5)25(15-22)33-6/h7-15H,16H2,1-6H3,(H,27,29). The van der Waals surface area contributed by atoms with Crippen LogP contribution in [0.1, 0.15) is 22.3 Å². The molecule has 0 saturated carbocycles. The maximum atomic E-state index is 13.8. The summed E-state index contributed by atoms with van der Waals surface area (Å²) < 4.78 is 39.2. The molecule has 0 aromatic heterocycles. The Morgan fingerprint density at radius 3 is 2.06 bits per heavy atom. The lowest BCUT2D eigenvalue weighted by Gasteiger charge is -2.25. The lowest BCUT2D eigenvalue weighted by Crippen LogP contribution is -2.38. The Kier molecular flexibility index (Phi) is 7.51.